The molecule has 9 nitrogen and oxygen atoms in total. The average molecular weight is 347 g/mol. The van der Waals surface area contributed by atoms with Crippen LogP contribution in [0.2, 0.25) is 0 Å². The van der Waals surface area contributed by atoms with Gasteiger partial charge in [0.15, 0.2) is 11.6 Å². The van der Waals surface area contributed by atoms with Crippen LogP contribution in [0.5, 0.6) is 0 Å². The van der Waals surface area contributed by atoms with Gasteiger partial charge in [0.25, 0.3) is 0 Å². The fourth-order valence-electron chi connectivity index (χ4n) is 4.02. The van der Waals surface area contributed by atoms with Crippen molar-refractivity contribution in [2.45, 2.75) is 51.2 Å². The van der Waals surface area contributed by atoms with Crippen molar-refractivity contribution < 1.29 is 9.26 Å². The van der Waals surface area contributed by atoms with Gasteiger partial charge in [0.05, 0.1) is 25.6 Å². The normalized spacial score (nSPS) is 26.2. The lowest BCUT2D eigenvalue weighted by Crippen LogP contribution is -2.42. The molecule has 0 radical (unpaired) electrons. The van der Waals surface area contributed by atoms with Gasteiger partial charge < -0.3 is 9.26 Å². The number of hydrogen-bond acceptors (Lipinski definition) is 8. The van der Waals surface area contributed by atoms with Gasteiger partial charge >= 0.3 is 0 Å². The van der Waals surface area contributed by atoms with Crippen LogP contribution in [0.25, 0.3) is 0 Å². The zero-order valence-electron chi connectivity index (χ0n) is 14.8. The molecule has 4 rings (SSSR count). The molecule has 4 heterocycles. The maximum Gasteiger partial charge on any atom is 0.232 e. The Morgan fingerprint density at radius 1 is 1.20 bits per heavy atom. The predicted molar refractivity (Wildman–Crippen MR) is 87.5 cm³/mol. The molecule has 0 unspecified atom stereocenters. The molecule has 0 N–H and O–H groups in total. The van der Waals surface area contributed by atoms with E-state index in [1.165, 1.54) is 4.80 Å². The Hall–Kier alpha value is -1.87. The zero-order chi connectivity index (χ0) is 17.2. The second-order valence-electron chi connectivity index (χ2n) is 7.07. The van der Waals surface area contributed by atoms with E-state index in [-0.39, 0.29) is 12.0 Å². The summed E-state index contributed by atoms with van der Waals surface area (Å²) in [7, 11) is 1.79. The van der Waals surface area contributed by atoms with Crippen molar-refractivity contribution in [1.29, 1.82) is 0 Å². The van der Waals surface area contributed by atoms with Crippen LogP contribution in [0.3, 0.4) is 0 Å². The average Bonchev–Trinajstić information content (AvgIpc) is 3.24. The third-order valence-corrected chi connectivity index (χ3v) is 5.24. The zero-order valence-corrected chi connectivity index (χ0v) is 14.8. The third kappa shape index (κ3) is 3.72. The molecular weight excluding hydrogens is 322 g/mol. The highest BCUT2D eigenvalue weighted by atomic mass is 16.5. The number of hydrogen-bond donors (Lipinski definition) is 0. The molecule has 2 aliphatic heterocycles. The SMILES string of the molecule is Cc1noc([C@@H]2CCCO[C@H]2C2CCN(Cc3nnn(C)n3)CC2)n1. The number of aryl methyl sites for hydroxylation is 2. The molecule has 2 aliphatic rings. The van der Waals surface area contributed by atoms with Crippen LogP contribution >= 0.6 is 0 Å². The van der Waals surface area contributed by atoms with E-state index >= 15 is 0 Å². The molecule has 9 heteroatoms. The van der Waals surface area contributed by atoms with Gasteiger partial charge in [0.1, 0.15) is 0 Å². The minimum Gasteiger partial charge on any atom is -0.377 e. The highest BCUT2D eigenvalue weighted by Gasteiger charge is 2.38. The molecule has 2 aromatic rings. The highest BCUT2D eigenvalue weighted by Crippen LogP contribution is 2.37. The van der Waals surface area contributed by atoms with E-state index in [2.05, 4.69) is 30.5 Å². The summed E-state index contributed by atoms with van der Waals surface area (Å²) in [6.45, 7) is 5.51. The first-order valence-electron chi connectivity index (χ1n) is 9.06. The summed E-state index contributed by atoms with van der Waals surface area (Å²) < 4.78 is 11.6. The van der Waals surface area contributed by atoms with Crippen LogP contribution in [-0.2, 0) is 18.3 Å². The lowest BCUT2D eigenvalue weighted by molar-refractivity contribution is -0.0585. The Labute approximate surface area is 146 Å². The van der Waals surface area contributed by atoms with Crippen LogP contribution in [0, 0.1) is 12.8 Å². The second-order valence-corrected chi connectivity index (χ2v) is 7.07. The first-order valence-corrected chi connectivity index (χ1v) is 9.06. The standard InChI is InChI=1S/C16H25N7O2/c1-11-17-16(25-20-11)13-4-3-9-24-15(13)12-5-7-23(8-6-12)10-14-18-21-22(2)19-14/h12-13,15H,3-10H2,1-2H3/t13-,15+/m1/s1. The number of rotatable bonds is 4. The molecule has 0 spiro atoms. The second kappa shape index (κ2) is 7.17. The van der Waals surface area contributed by atoms with Gasteiger partial charge in [-0.1, -0.05) is 5.16 Å². The van der Waals surface area contributed by atoms with E-state index in [1.807, 2.05) is 6.92 Å². The first kappa shape index (κ1) is 16.6. The van der Waals surface area contributed by atoms with Crippen LogP contribution in [0.15, 0.2) is 4.52 Å². The number of likely N-dealkylation sites (tertiary alicyclic amines) is 1. The van der Waals surface area contributed by atoms with Gasteiger partial charge in [-0.25, -0.2) is 0 Å². The highest BCUT2D eigenvalue weighted by molar-refractivity contribution is 5.01. The minimum absolute atomic E-state index is 0.186. The number of nitrogens with zero attached hydrogens (tertiary/aromatic N) is 7. The van der Waals surface area contributed by atoms with Crippen molar-refractivity contribution >= 4 is 0 Å². The van der Waals surface area contributed by atoms with Crippen LogP contribution < -0.4 is 0 Å². The molecule has 2 aromatic heterocycles. The molecule has 0 bridgehead atoms. The van der Waals surface area contributed by atoms with Crippen molar-refractivity contribution in [3.8, 4) is 0 Å². The van der Waals surface area contributed by atoms with Gasteiger partial charge in [-0.2, -0.15) is 9.78 Å². The minimum atomic E-state index is 0.186. The molecule has 2 atom stereocenters. The summed E-state index contributed by atoms with van der Waals surface area (Å²) in [6.07, 6.45) is 4.52. The van der Waals surface area contributed by atoms with Crippen LogP contribution in [-0.4, -0.2) is 61.0 Å². The van der Waals surface area contributed by atoms with Gasteiger partial charge in [0.2, 0.25) is 5.89 Å². The summed E-state index contributed by atoms with van der Waals surface area (Å²) in [5, 5.41) is 16.2. The molecule has 0 aliphatic carbocycles. The quantitative estimate of drug-likeness (QED) is 0.811. The van der Waals surface area contributed by atoms with Crippen LogP contribution in [0.1, 0.15) is 49.1 Å². The fourth-order valence-corrected chi connectivity index (χ4v) is 4.02. The molecule has 2 saturated heterocycles. The lowest BCUT2D eigenvalue weighted by atomic mass is 9.80. The van der Waals surface area contributed by atoms with Gasteiger partial charge in [0, 0.05) is 6.61 Å². The number of aromatic nitrogens is 6. The Balaban J connectivity index is 1.37. The van der Waals surface area contributed by atoms with Crippen molar-refractivity contribution in [2.24, 2.45) is 13.0 Å². The Morgan fingerprint density at radius 2 is 2.04 bits per heavy atom. The molecule has 25 heavy (non-hydrogen) atoms. The Morgan fingerprint density at radius 3 is 2.72 bits per heavy atom. The molecule has 136 valence electrons. The van der Waals surface area contributed by atoms with Gasteiger partial charge in [-0.05, 0) is 56.8 Å². The van der Waals surface area contributed by atoms with Crippen molar-refractivity contribution in [2.75, 3.05) is 19.7 Å². The maximum atomic E-state index is 6.17. The summed E-state index contributed by atoms with van der Waals surface area (Å²) in [6, 6.07) is 0. The van der Waals surface area contributed by atoms with Gasteiger partial charge in [-0.15, -0.1) is 10.2 Å². The molecule has 0 saturated carbocycles. The van der Waals surface area contributed by atoms with E-state index in [9.17, 15) is 0 Å². The van der Waals surface area contributed by atoms with E-state index in [0.29, 0.717) is 11.7 Å². The first-order chi connectivity index (χ1) is 12.2. The van der Waals surface area contributed by atoms with Crippen LogP contribution in [0.4, 0.5) is 0 Å². The number of tetrazole rings is 1. The Kier molecular flexibility index (Phi) is 4.76. The summed E-state index contributed by atoms with van der Waals surface area (Å²) >= 11 is 0. The van der Waals surface area contributed by atoms with E-state index in [4.69, 9.17) is 9.26 Å². The predicted octanol–water partition coefficient (Wildman–Crippen LogP) is 1.08. The molecule has 2 fully saturated rings. The van der Waals surface area contributed by atoms with Crippen molar-refractivity contribution in [3.63, 3.8) is 0 Å². The molecule has 0 aromatic carbocycles. The smallest absolute Gasteiger partial charge is 0.232 e. The molecule has 0 amide bonds. The maximum absolute atomic E-state index is 6.17. The van der Waals surface area contributed by atoms with Crippen molar-refractivity contribution in [1.82, 2.24) is 35.2 Å². The monoisotopic (exact) mass is 347 g/mol. The van der Waals surface area contributed by atoms with E-state index in [1.54, 1.807) is 7.05 Å². The van der Waals surface area contributed by atoms with E-state index < -0.39 is 0 Å². The fraction of sp³-hybridized carbons (Fsp3) is 0.812. The lowest BCUT2D eigenvalue weighted by Gasteiger charge is -2.39. The number of ether oxygens (including phenoxy) is 1. The topological polar surface area (TPSA) is 95.0 Å². The largest absolute Gasteiger partial charge is 0.377 e. The number of piperidine rings is 1. The third-order valence-electron chi connectivity index (χ3n) is 5.24. The summed E-state index contributed by atoms with van der Waals surface area (Å²) in [5.74, 6) is 2.99. The summed E-state index contributed by atoms with van der Waals surface area (Å²) in [5.41, 5.74) is 0. The van der Waals surface area contributed by atoms with Gasteiger partial charge in [-0.3, -0.25) is 4.90 Å². The van der Waals surface area contributed by atoms with E-state index in [0.717, 1.165) is 63.6 Å². The summed E-state index contributed by atoms with van der Waals surface area (Å²) in [4.78, 5) is 8.36. The molecular formula is C16H25N7O2. The van der Waals surface area contributed by atoms with Crippen molar-refractivity contribution in [3.05, 3.63) is 17.5 Å². The Bertz CT molecular complexity index is 692.